The number of hydrogen-bond donors (Lipinski definition) is 1. The minimum absolute atomic E-state index is 0.154. The SMILES string of the molecule is CCCCCCCC[S+]([O-])NS(=O)(=O)c1ccc(CN(C)C)cc1. The standard InChI is InChI=1S/C17H30N2O3S2/c1-4-5-6-7-8-9-14-23(20)18-24(21,22)17-12-10-16(11-13-17)15-19(2)3/h10-13,18H,4-9,14-15H2,1-3H3. The Balaban J connectivity index is 2.44. The molecular formula is C17H30N2O3S2. The molecule has 7 heteroatoms. The van der Waals surface area contributed by atoms with Crippen LogP contribution in [0.3, 0.4) is 0 Å². The van der Waals surface area contributed by atoms with Gasteiger partial charge in [0.05, 0.1) is 16.3 Å². The summed E-state index contributed by atoms with van der Waals surface area (Å²) in [7, 11) is 0.192. The molecular weight excluding hydrogens is 344 g/mol. The summed E-state index contributed by atoms with van der Waals surface area (Å²) in [6.45, 7) is 2.91. The second kappa shape index (κ2) is 11.1. The lowest BCUT2D eigenvalue weighted by molar-refractivity contribution is 0.402. The van der Waals surface area contributed by atoms with Gasteiger partial charge in [-0.2, -0.15) is 0 Å². The van der Waals surface area contributed by atoms with Crippen molar-refractivity contribution in [2.45, 2.75) is 56.9 Å². The average Bonchev–Trinajstić information content (AvgIpc) is 2.50. The van der Waals surface area contributed by atoms with Crippen molar-refractivity contribution < 1.29 is 13.0 Å². The molecule has 0 radical (unpaired) electrons. The van der Waals surface area contributed by atoms with Crippen LogP contribution in [0.4, 0.5) is 0 Å². The van der Waals surface area contributed by atoms with Gasteiger partial charge in [-0.25, -0.2) is 8.42 Å². The molecule has 1 N–H and O–H groups in total. The zero-order valence-electron chi connectivity index (χ0n) is 15.0. The van der Waals surface area contributed by atoms with Gasteiger partial charge in [0.2, 0.25) is 0 Å². The smallest absolute Gasteiger partial charge is 0.279 e. The summed E-state index contributed by atoms with van der Waals surface area (Å²) < 4.78 is 38.7. The van der Waals surface area contributed by atoms with Crippen LogP contribution in [-0.2, 0) is 27.9 Å². The normalized spacial score (nSPS) is 13.4. The molecule has 24 heavy (non-hydrogen) atoms. The van der Waals surface area contributed by atoms with Crippen molar-refractivity contribution in [3.05, 3.63) is 29.8 Å². The molecule has 0 saturated carbocycles. The predicted octanol–water partition coefficient (Wildman–Crippen LogP) is 3.05. The zero-order valence-corrected chi connectivity index (χ0v) is 16.6. The summed E-state index contributed by atoms with van der Waals surface area (Å²) in [5, 5.41) is 0. The van der Waals surface area contributed by atoms with Crippen LogP contribution in [0.15, 0.2) is 29.2 Å². The molecule has 1 aromatic carbocycles. The van der Waals surface area contributed by atoms with Crippen LogP contribution in [0.25, 0.3) is 0 Å². The van der Waals surface area contributed by atoms with E-state index in [0.29, 0.717) is 5.75 Å². The molecule has 0 amide bonds. The van der Waals surface area contributed by atoms with Crippen molar-refractivity contribution in [2.24, 2.45) is 0 Å². The van der Waals surface area contributed by atoms with Crippen LogP contribution < -0.4 is 4.13 Å². The molecule has 138 valence electrons. The first-order valence-electron chi connectivity index (χ1n) is 8.49. The van der Waals surface area contributed by atoms with E-state index in [-0.39, 0.29) is 4.90 Å². The minimum Gasteiger partial charge on any atom is -0.597 e. The third-order valence-electron chi connectivity index (χ3n) is 3.62. The van der Waals surface area contributed by atoms with E-state index >= 15 is 0 Å². The lowest BCUT2D eigenvalue weighted by atomic mass is 10.1. The molecule has 1 atom stereocenters. The average molecular weight is 375 g/mol. The van der Waals surface area contributed by atoms with Crippen LogP contribution in [0, 0.1) is 0 Å². The zero-order chi connectivity index (χ0) is 18.0. The van der Waals surface area contributed by atoms with Gasteiger partial charge in [-0.15, -0.1) is 0 Å². The van der Waals surface area contributed by atoms with Crippen molar-refractivity contribution in [2.75, 3.05) is 19.8 Å². The van der Waals surface area contributed by atoms with Gasteiger partial charge >= 0.3 is 0 Å². The van der Waals surface area contributed by atoms with E-state index in [2.05, 4.69) is 11.1 Å². The van der Waals surface area contributed by atoms with Crippen molar-refractivity contribution >= 4 is 21.4 Å². The molecule has 0 fully saturated rings. The highest BCUT2D eigenvalue weighted by atomic mass is 32.3. The molecule has 0 aromatic heterocycles. The van der Waals surface area contributed by atoms with E-state index < -0.39 is 21.4 Å². The Morgan fingerprint density at radius 2 is 1.62 bits per heavy atom. The second-order valence-electron chi connectivity index (χ2n) is 6.29. The molecule has 1 rings (SSSR count). The van der Waals surface area contributed by atoms with Gasteiger partial charge in [0.1, 0.15) is 5.75 Å². The Kier molecular flexibility index (Phi) is 9.92. The molecule has 0 aliphatic carbocycles. The van der Waals surface area contributed by atoms with Crippen LogP contribution in [-0.4, -0.2) is 37.7 Å². The quantitative estimate of drug-likeness (QED) is 0.451. The topological polar surface area (TPSA) is 72.5 Å². The Hall–Kier alpha value is -0.600. The summed E-state index contributed by atoms with van der Waals surface area (Å²) in [5.41, 5.74) is 1.03. The third-order valence-corrected chi connectivity index (χ3v) is 6.79. The first kappa shape index (κ1) is 21.4. The van der Waals surface area contributed by atoms with E-state index in [9.17, 15) is 13.0 Å². The fourth-order valence-corrected chi connectivity index (χ4v) is 5.02. The second-order valence-corrected chi connectivity index (χ2v) is 9.53. The summed E-state index contributed by atoms with van der Waals surface area (Å²) >= 11 is -1.56. The largest absolute Gasteiger partial charge is 0.597 e. The number of nitrogens with zero attached hydrogens (tertiary/aromatic N) is 1. The lowest BCUT2D eigenvalue weighted by Gasteiger charge is -2.13. The van der Waals surface area contributed by atoms with Crippen molar-refractivity contribution in [1.82, 2.24) is 9.03 Å². The summed E-state index contributed by atoms with van der Waals surface area (Å²) in [6, 6.07) is 6.68. The molecule has 0 spiro atoms. The van der Waals surface area contributed by atoms with Crippen LogP contribution in [0.2, 0.25) is 0 Å². The minimum atomic E-state index is -3.72. The molecule has 0 saturated heterocycles. The summed E-state index contributed by atoms with van der Waals surface area (Å²) in [5.74, 6) is 0.365. The highest BCUT2D eigenvalue weighted by molar-refractivity contribution is 8.04. The number of rotatable bonds is 12. The maximum Gasteiger partial charge on any atom is 0.279 e. The van der Waals surface area contributed by atoms with E-state index in [0.717, 1.165) is 31.4 Å². The molecule has 0 heterocycles. The van der Waals surface area contributed by atoms with E-state index in [1.807, 2.05) is 19.0 Å². The highest BCUT2D eigenvalue weighted by Crippen LogP contribution is 2.13. The van der Waals surface area contributed by atoms with Gasteiger partial charge in [0.15, 0.2) is 0 Å². The van der Waals surface area contributed by atoms with Crippen molar-refractivity contribution in [3.63, 3.8) is 0 Å². The van der Waals surface area contributed by atoms with Gasteiger partial charge in [0.25, 0.3) is 10.0 Å². The van der Waals surface area contributed by atoms with Crippen LogP contribution >= 0.6 is 0 Å². The Bertz CT molecular complexity index is 560. The summed E-state index contributed by atoms with van der Waals surface area (Å²) in [6.07, 6.45) is 6.49. The molecule has 0 aliphatic heterocycles. The van der Waals surface area contributed by atoms with Gasteiger partial charge in [0, 0.05) is 6.54 Å². The predicted molar refractivity (Wildman–Crippen MR) is 101 cm³/mol. The summed E-state index contributed by atoms with van der Waals surface area (Å²) in [4.78, 5) is 2.17. The maximum atomic E-state index is 12.2. The van der Waals surface area contributed by atoms with E-state index in [1.165, 1.54) is 19.3 Å². The molecule has 5 nitrogen and oxygen atoms in total. The van der Waals surface area contributed by atoms with Gasteiger partial charge in [-0.3, -0.25) is 0 Å². The molecule has 0 aliphatic rings. The van der Waals surface area contributed by atoms with Gasteiger partial charge in [-0.1, -0.05) is 44.7 Å². The molecule has 1 aromatic rings. The van der Waals surface area contributed by atoms with Gasteiger partial charge < -0.3 is 9.45 Å². The first-order chi connectivity index (χ1) is 11.3. The van der Waals surface area contributed by atoms with E-state index in [1.54, 1.807) is 24.3 Å². The number of sulfonamides is 1. The van der Waals surface area contributed by atoms with E-state index in [4.69, 9.17) is 0 Å². The lowest BCUT2D eigenvalue weighted by Crippen LogP contribution is -2.32. The van der Waals surface area contributed by atoms with Crippen LogP contribution in [0.5, 0.6) is 0 Å². The Labute approximate surface area is 150 Å². The van der Waals surface area contributed by atoms with Crippen molar-refractivity contribution in [1.29, 1.82) is 0 Å². The van der Waals surface area contributed by atoms with Gasteiger partial charge in [-0.05, 0) is 48.8 Å². The fraction of sp³-hybridized carbons (Fsp3) is 0.647. The third kappa shape index (κ3) is 8.48. The highest BCUT2D eigenvalue weighted by Gasteiger charge is 2.21. The first-order valence-corrected chi connectivity index (χ1v) is 11.3. The monoisotopic (exact) mass is 374 g/mol. The number of unbranched alkanes of at least 4 members (excludes halogenated alkanes) is 5. The number of benzene rings is 1. The fourth-order valence-electron chi connectivity index (χ4n) is 2.36. The van der Waals surface area contributed by atoms with Crippen molar-refractivity contribution in [3.8, 4) is 0 Å². The molecule has 0 bridgehead atoms. The molecule has 1 unspecified atom stereocenters. The van der Waals surface area contributed by atoms with Crippen LogP contribution in [0.1, 0.15) is 51.0 Å². The number of hydrogen-bond acceptors (Lipinski definition) is 4. The Morgan fingerprint density at radius 1 is 1.04 bits per heavy atom. The maximum absolute atomic E-state index is 12.2. The Morgan fingerprint density at radius 3 is 2.21 bits per heavy atom. The number of nitrogens with one attached hydrogen (secondary N) is 1.